The van der Waals surface area contributed by atoms with Gasteiger partial charge in [0.15, 0.2) is 0 Å². The van der Waals surface area contributed by atoms with Crippen molar-refractivity contribution >= 4 is 40.5 Å². The number of halogens is 2. The van der Waals surface area contributed by atoms with Crippen molar-refractivity contribution in [1.29, 1.82) is 0 Å². The predicted octanol–water partition coefficient (Wildman–Crippen LogP) is 5.38. The molecule has 7 heteroatoms. The van der Waals surface area contributed by atoms with Crippen LogP contribution in [0.5, 0.6) is 0 Å². The number of hydrogen-bond donors (Lipinski definition) is 2. The number of nitrogens with one attached hydrogen (secondary N) is 1. The molecular formula is C20H13ClFNO3S. The fourth-order valence-electron chi connectivity index (χ4n) is 3.35. The molecule has 136 valence electrons. The lowest BCUT2D eigenvalue weighted by Crippen LogP contribution is -2.22. The van der Waals surface area contributed by atoms with E-state index in [1.807, 2.05) is 18.2 Å². The van der Waals surface area contributed by atoms with Crippen LogP contribution in [0.4, 0.5) is 10.1 Å². The zero-order chi connectivity index (χ0) is 19.1. The van der Waals surface area contributed by atoms with E-state index >= 15 is 0 Å². The number of thiophene rings is 1. The quantitative estimate of drug-likeness (QED) is 0.619. The first-order valence-corrected chi connectivity index (χ1v) is 9.35. The number of anilines is 1. The second kappa shape index (κ2) is 6.79. The Balaban J connectivity index is 1.95. The summed E-state index contributed by atoms with van der Waals surface area (Å²) in [6, 6.07) is 13.1. The number of carbonyl (C=O) groups is 2. The number of aromatic carboxylic acids is 1. The molecule has 0 radical (unpaired) electrons. The first-order valence-electron chi connectivity index (χ1n) is 8.16. The van der Waals surface area contributed by atoms with Gasteiger partial charge >= 0.3 is 5.97 Å². The molecule has 1 unspecified atom stereocenters. The molecule has 1 aliphatic rings. The second-order valence-corrected chi connectivity index (χ2v) is 7.65. The van der Waals surface area contributed by atoms with Gasteiger partial charge in [0.2, 0.25) is 5.91 Å². The fraction of sp³-hybridized carbons (Fsp3) is 0.100. The van der Waals surface area contributed by atoms with Gasteiger partial charge in [0.25, 0.3) is 0 Å². The van der Waals surface area contributed by atoms with Crippen molar-refractivity contribution < 1.29 is 19.1 Å². The Bertz CT molecular complexity index is 1060. The van der Waals surface area contributed by atoms with Crippen LogP contribution >= 0.6 is 22.9 Å². The van der Waals surface area contributed by atoms with E-state index in [-0.39, 0.29) is 22.2 Å². The molecule has 1 amide bonds. The van der Waals surface area contributed by atoms with Gasteiger partial charge in [0.05, 0.1) is 5.69 Å². The monoisotopic (exact) mass is 401 g/mol. The van der Waals surface area contributed by atoms with E-state index in [0.717, 1.165) is 11.3 Å². The minimum absolute atomic E-state index is 0.117. The Morgan fingerprint density at radius 3 is 2.63 bits per heavy atom. The molecular weight excluding hydrogens is 389 g/mol. The molecule has 0 spiro atoms. The maximum atomic E-state index is 13.4. The summed E-state index contributed by atoms with van der Waals surface area (Å²) in [5, 5.41) is 12.8. The van der Waals surface area contributed by atoms with Crippen molar-refractivity contribution in [3.8, 4) is 11.1 Å². The van der Waals surface area contributed by atoms with Gasteiger partial charge in [-0.3, -0.25) is 4.79 Å². The van der Waals surface area contributed by atoms with Gasteiger partial charge in [-0.2, -0.15) is 0 Å². The number of amides is 1. The van der Waals surface area contributed by atoms with Gasteiger partial charge in [0.1, 0.15) is 10.7 Å². The maximum Gasteiger partial charge on any atom is 0.346 e. The lowest BCUT2D eigenvalue weighted by molar-refractivity contribution is -0.116. The predicted molar refractivity (Wildman–Crippen MR) is 103 cm³/mol. The number of benzene rings is 2. The summed E-state index contributed by atoms with van der Waals surface area (Å²) in [7, 11) is 0. The van der Waals surface area contributed by atoms with E-state index in [9.17, 15) is 19.1 Å². The number of carboxylic acid groups (broad SMARTS) is 1. The zero-order valence-electron chi connectivity index (χ0n) is 13.8. The summed E-state index contributed by atoms with van der Waals surface area (Å²) in [4.78, 5) is 25.1. The number of carbonyl (C=O) groups excluding carboxylic acids is 1. The molecule has 0 aliphatic carbocycles. The summed E-state index contributed by atoms with van der Waals surface area (Å²) < 4.78 is 13.4. The lowest BCUT2D eigenvalue weighted by atomic mass is 9.88. The van der Waals surface area contributed by atoms with E-state index in [2.05, 4.69) is 5.32 Å². The molecule has 2 N–H and O–H groups in total. The molecule has 1 atom stereocenters. The van der Waals surface area contributed by atoms with Gasteiger partial charge in [-0.15, -0.1) is 11.3 Å². The van der Waals surface area contributed by atoms with Gasteiger partial charge < -0.3 is 10.4 Å². The molecule has 0 fully saturated rings. The minimum atomic E-state index is -1.06. The summed E-state index contributed by atoms with van der Waals surface area (Å²) >= 11 is 7.34. The summed E-state index contributed by atoms with van der Waals surface area (Å²) in [6.07, 6.45) is 0.117. The highest BCUT2D eigenvalue weighted by Crippen LogP contribution is 2.50. The Kier molecular flexibility index (Phi) is 4.45. The average Bonchev–Trinajstić information content (AvgIpc) is 3.01. The fourth-order valence-corrected chi connectivity index (χ4v) is 4.89. The number of fused-ring (bicyclic) bond motifs is 1. The molecule has 3 aromatic rings. The van der Waals surface area contributed by atoms with E-state index in [1.165, 1.54) is 12.1 Å². The normalized spacial score (nSPS) is 15.9. The maximum absolute atomic E-state index is 13.4. The van der Waals surface area contributed by atoms with Crippen molar-refractivity contribution in [2.24, 2.45) is 0 Å². The Labute approximate surface area is 163 Å². The smallest absolute Gasteiger partial charge is 0.346 e. The highest BCUT2D eigenvalue weighted by atomic mass is 35.5. The van der Waals surface area contributed by atoms with Crippen LogP contribution in [-0.4, -0.2) is 17.0 Å². The van der Waals surface area contributed by atoms with Gasteiger partial charge in [0, 0.05) is 27.8 Å². The molecule has 27 heavy (non-hydrogen) atoms. The Hall–Kier alpha value is -2.70. The first-order chi connectivity index (χ1) is 13.0. The van der Waals surface area contributed by atoms with Crippen LogP contribution in [0.15, 0.2) is 48.5 Å². The number of hydrogen-bond acceptors (Lipinski definition) is 3. The van der Waals surface area contributed by atoms with Gasteiger partial charge in [-0.05, 0) is 23.3 Å². The molecule has 2 heterocycles. The van der Waals surface area contributed by atoms with Crippen molar-refractivity contribution in [2.75, 3.05) is 5.32 Å². The van der Waals surface area contributed by atoms with Crippen LogP contribution in [-0.2, 0) is 4.79 Å². The minimum Gasteiger partial charge on any atom is -0.477 e. The zero-order valence-corrected chi connectivity index (χ0v) is 15.4. The van der Waals surface area contributed by atoms with Crippen molar-refractivity contribution in [1.82, 2.24) is 0 Å². The van der Waals surface area contributed by atoms with E-state index in [0.29, 0.717) is 27.3 Å². The third-order valence-corrected chi connectivity index (χ3v) is 6.12. The van der Waals surface area contributed by atoms with Crippen LogP contribution < -0.4 is 5.32 Å². The van der Waals surface area contributed by atoms with Crippen molar-refractivity contribution in [3.63, 3.8) is 0 Å². The van der Waals surface area contributed by atoms with Crippen molar-refractivity contribution in [3.05, 3.63) is 74.7 Å². The molecule has 4 rings (SSSR count). The summed E-state index contributed by atoms with van der Waals surface area (Å²) in [5.74, 6) is -2.19. The highest BCUT2D eigenvalue weighted by molar-refractivity contribution is 7.15. The molecule has 1 aromatic heterocycles. The second-order valence-electron chi connectivity index (χ2n) is 6.19. The third kappa shape index (κ3) is 3.11. The van der Waals surface area contributed by atoms with Crippen LogP contribution in [0.25, 0.3) is 11.1 Å². The number of rotatable bonds is 3. The van der Waals surface area contributed by atoms with Gasteiger partial charge in [-0.1, -0.05) is 48.0 Å². The van der Waals surface area contributed by atoms with Gasteiger partial charge in [-0.25, -0.2) is 9.18 Å². The Morgan fingerprint density at radius 1 is 1.22 bits per heavy atom. The van der Waals surface area contributed by atoms with Crippen LogP contribution in [0, 0.1) is 5.82 Å². The van der Waals surface area contributed by atoms with E-state index in [4.69, 9.17) is 11.6 Å². The van der Waals surface area contributed by atoms with Crippen LogP contribution in [0.2, 0.25) is 5.02 Å². The Morgan fingerprint density at radius 2 is 1.96 bits per heavy atom. The summed E-state index contributed by atoms with van der Waals surface area (Å²) in [6.45, 7) is 0. The SMILES string of the molecule is O=C1CC(c2ccc(F)cc2Cl)c2sc(C(=O)O)c(-c3ccccc3)c2N1. The molecule has 1 aliphatic heterocycles. The largest absolute Gasteiger partial charge is 0.477 e. The summed E-state index contributed by atoms with van der Waals surface area (Å²) in [5.41, 5.74) is 2.29. The molecule has 0 saturated heterocycles. The third-order valence-electron chi connectivity index (χ3n) is 4.50. The van der Waals surface area contributed by atoms with Crippen LogP contribution in [0.1, 0.15) is 32.5 Å². The van der Waals surface area contributed by atoms with E-state index in [1.54, 1.807) is 18.2 Å². The molecule has 0 saturated carbocycles. The topological polar surface area (TPSA) is 66.4 Å². The lowest BCUT2D eigenvalue weighted by Gasteiger charge is -2.24. The first kappa shape index (κ1) is 17.7. The number of carboxylic acids is 1. The van der Waals surface area contributed by atoms with Crippen molar-refractivity contribution in [2.45, 2.75) is 12.3 Å². The molecule has 0 bridgehead atoms. The average molecular weight is 402 g/mol. The standard InChI is InChI=1S/C20H13ClFNO3S/c21-14-8-11(22)6-7-12(14)13-9-15(24)23-17-16(10-4-2-1-3-5-10)19(20(25)26)27-18(13)17/h1-8,13H,9H2,(H,23,24)(H,25,26). The van der Waals surface area contributed by atoms with E-state index < -0.39 is 17.7 Å². The van der Waals surface area contributed by atoms with Crippen LogP contribution in [0.3, 0.4) is 0 Å². The molecule has 4 nitrogen and oxygen atoms in total. The highest BCUT2D eigenvalue weighted by Gasteiger charge is 2.35. The molecule has 2 aromatic carbocycles.